The molecule has 0 spiro atoms. The molecule has 0 aliphatic rings. The van der Waals surface area contributed by atoms with Crippen molar-refractivity contribution in [3.63, 3.8) is 0 Å². The third-order valence-electron chi connectivity index (χ3n) is 2.19. The largest absolute Gasteiger partial charge is 0.344 e. The van der Waals surface area contributed by atoms with Crippen LogP contribution < -0.4 is 0 Å². The molecule has 0 unspecified atom stereocenters. The van der Waals surface area contributed by atoms with Gasteiger partial charge in [0.2, 0.25) is 0 Å². The Morgan fingerprint density at radius 3 is 2.58 bits per heavy atom. The van der Waals surface area contributed by atoms with E-state index in [1.165, 1.54) is 28.0 Å². The molecule has 0 aliphatic heterocycles. The Labute approximate surface area is 133 Å². The fraction of sp³-hybridized carbons (Fsp3) is 0.167. The number of rotatable bonds is 3. The van der Waals surface area contributed by atoms with Crippen LogP contribution in [0.5, 0.6) is 0 Å². The number of hydrogen-bond donors (Lipinski definition) is 0. The number of carbonyl (C=O) groups is 1. The van der Waals surface area contributed by atoms with Gasteiger partial charge in [0.15, 0.2) is 4.34 Å². The molecule has 0 saturated heterocycles. The summed E-state index contributed by atoms with van der Waals surface area (Å²) in [5.74, 6) is -0.0488. The lowest BCUT2D eigenvalue weighted by Gasteiger charge is -2.07. The fourth-order valence-electron chi connectivity index (χ4n) is 1.27. The molecule has 0 atom stereocenters. The molecule has 1 aromatic carbocycles. The number of benzene rings is 1. The van der Waals surface area contributed by atoms with Crippen LogP contribution >= 0.6 is 50.6 Å². The highest BCUT2D eigenvalue weighted by atomic mass is 79.9. The smallest absolute Gasteiger partial charge is 0.266 e. The number of halogens is 2. The quantitative estimate of drug-likeness (QED) is 0.794. The van der Waals surface area contributed by atoms with Crippen molar-refractivity contribution in [3.8, 4) is 0 Å². The third kappa shape index (κ3) is 3.72. The molecule has 0 N–H and O–H groups in total. The van der Waals surface area contributed by atoms with E-state index < -0.39 is 0 Å². The first-order chi connectivity index (χ1) is 8.97. The number of carbonyl (C=O) groups excluding carboxylic acids is 1. The van der Waals surface area contributed by atoms with Gasteiger partial charge in [-0.2, -0.15) is 0 Å². The van der Waals surface area contributed by atoms with E-state index in [4.69, 9.17) is 11.6 Å². The highest BCUT2D eigenvalue weighted by molar-refractivity contribution is 9.10. The average molecular weight is 378 g/mol. The van der Waals surface area contributed by atoms with Gasteiger partial charge in [0.25, 0.3) is 5.91 Å². The summed E-state index contributed by atoms with van der Waals surface area (Å²) >= 11 is 12.1. The molecule has 19 heavy (non-hydrogen) atoms. The van der Waals surface area contributed by atoms with Gasteiger partial charge < -0.3 is 4.90 Å². The van der Waals surface area contributed by atoms with E-state index in [1.54, 1.807) is 14.1 Å². The predicted molar refractivity (Wildman–Crippen MR) is 83.4 cm³/mol. The zero-order chi connectivity index (χ0) is 14.0. The van der Waals surface area contributed by atoms with Gasteiger partial charge >= 0.3 is 0 Å². The molecule has 2 aromatic rings. The van der Waals surface area contributed by atoms with E-state index in [2.05, 4.69) is 20.9 Å². The molecule has 1 heterocycles. The summed E-state index contributed by atoms with van der Waals surface area (Å²) in [6.07, 6.45) is 0. The van der Waals surface area contributed by atoms with Gasteiger partial charge in [0, 0.05) is 24.0 Å². The zero-order valence-corrected chi connectivity index (χ0v) is 14.2. The van der Waals surface area contributed by atoms with Crippen LogP contribution in [-0.4, -0.2) is 29.9 Å². The molecule has 3 nitrogen and oxygen atoms in total. The fourth-order valence-corrected chi connectivity index (χ4v) is 4.24. The Morgan fingerprint density at radius 2 is 2.00 bits per heavy atom. The van der Waals surface area contributed by atoms with E-state index in [1.807, 2.05) is 24.3 Å². The maximum absolute atomic E-state index is 11.9. The lowest BCUT2D eigenvalue weighted by atomic mass is 10.4. The van der Waals surface area contributed by atoms with E-state index in [0.29, 0.717) is 14.5 Å². The SMILES string of the molecule is CN(C)C(=O)c1sc(Sc2ccc(Cl)cc2)nc1Br. The van der Waals surface area contributed by atoms with Crippen LogP contribution in [0.15, 0.2) is 38.1 Å². The van der Waals surface area contributed by atoms with Gasteiger partial charge in [0.1, 0.15) is 9.48 Å². The minimum Gasteiger partial charge on any atom is -0.344 e. The van der Waals surface area contributed by atoms with Crippen LogP contribution in [0.3, 0.4) is 0 Å². The Balaban J connectivity index is 2.21. The van der Waals surface area contributed by atoms with Crippen molar-refractivity contribution in [3.05, 3.63) is 38.8 Å². The molecule has 1 amide bonds. The van der Waals surface area contributed by atoms with Gasteiger partial charge in [0.05, 0.1) is 0 Å². The van der Waals surface area contributed by atoms with E-state index in [9.17, 15) is 4.79 Å². The summed E-state index contributed by atoms with van der Waals surface area (Å²) in [6.45, 7) is 0. The van der Waals surface area contributed by atoms with Crippen molar-refractivity contribution in [2.75, 3.05) is 14.1 Å². The standard InChI is InChI=1S/C12H10BrClN2OS2/c1-16(2)11(17)9-10(13)15-12(19-9)18-8-5-3-7(14)4-6-8/h3-6H,1-2H3. The van der Waals surface area contributed by atoms with Crippen molar-refractivity contribution in [2.24, 2.45) is 0 Å². The summed E-state index contributed by atoms with van der Waals surface area (Å²) in [4.78, 5) is 19.5. The molecule has 0 bridgehead atoms. The van der Waals surface area contributed by atoms with Crippen LogP contribution in [0.2, 0.25) is 5.02 Å². The molecule has 0 saturated carbocycles. The summed E-state index contributed by atoms with van der Waals surface area (Å²) in [5.41, 5.74) is 0. The van der Waals surface area contributed by atoms with Crippen LogP contribution in [-0.2, 0) is 0 Å². The van der Waals surface area contributed by atoms with Crippen LogP contribution in [0.1, 0.15) is 9.67 Å². The number of aromatic nitrogens is 1. The molecule has 1 aromatic heterocycles. The lowest BCUT2D eigenvalue weighted by Crippen LogP contribution is -2.20. The molecule has 100 valence electrons. The maximum Gasteiger partial charge on any atom is 0.266 e. The first kappa shape index (κ1) is 14.8. The van der Waals surface area contributed by atoms with Gasteiger partial charge in [-0.1, -0.05) is 23.4 Å². The Morgan fingerprint density at radius 1 is 1.37 bits per heavy atom. The second kappa shape index (κ2) is 6.26. The van der Waals surface area contributed by atoms with Crippen LogP contribution in [0, 0.1) is 0 Å². The third-order valence-corrected chi connectivity index (χ3v) is 5.39. The second-order valence-corrected chi connectivity index (χ2v) is 7.36. The first-order valence-corrected chi connectivity index (χ1v) is 8.09. The first-order valence-electron chi connectivity index (χ1n) is 5.29. The van der Waals surface area contributed by atoms with E-state index >= 15 is 0 Å². The molecular weight excluding hydrogens is 368 g/mol. The number of thiazole rings is 1. The number of amides is 1. The normalized spacial score (nSPS) is 10.5. The van der Waals surface area contributed by atoms with Gasteiger partial charge in [-0.25, -0.2) is 4.98 Å². The Kier molecular flexibility index (Phi) is 4.89. The van der Waals surface area contributed by atoms with Crippen molar-refractivity contribution < 1.29 is 4.79 Å². The van der Waals surface area contributed by atoms with Crippen LogP contribution in [0.4, 0.5) is 0 Å². The molecule has 7 heteroatoms. The van der Waals surface area contributed by atoms with Gasteiger partial charge in [-0.3, -0.25) is 4.79 Å². The van der Waals surface area contributed by atoms with Gasteiger partial charge in [-0.15, -0.1) is 11.3 Å². The van der Waals surface area contributed by atoms with Crippen molar-refractivity contribution in [1.29, 1.82) is 0 Å². The summed E-state index contributed by atoms with van der Waals surface area (Å²) in [5, 5.41) is 0.702. The Bertz CT molecular complexity index is 598. The summed E-state index contributed by atoms with van der Waals surface area (Å²) < 4.78 is 1.41. The summed E-state index contributed by atoms with van der Waals surface area (Å²) in [6, 6.07) is 7.52. The topological polar surface area (TPSA) is 33.2 Å². The molecule has 0 radical (unpaired) electrons. The van der Waals surface area contributed by atoms with E-state index in [-0.39, 0.29) is 5.91 Å². The molecule has 0 aliphatic carbocycles. The molecular formula is C12H10BrClN2OS2. The minimum absolute atomic E-state index is 0.0488. The molecule has 0 fully saturated rings. The van der Waals surface area contributed by atoms with Crippen LogP contribution in [0.25, 0.3) is 0 Å². The lowest BCUT2D eigenvalue weighted by molar-refractivity contribution is 0.0831. The van der Waals surface area contributed by atoms with Crippen molar-refractivity contribution in [1.82, 2.24) is 9.88 Å². The Hall–Kier alpha value is -0.560. The highest BCUT2D eigenvalue weighted by Crippen LogP contribution is 2.35. The minimum atomic E-state index is -0.0488. The summed E-state index contributed by atoms with van der Waals surface area (Å²) in [7, 11) is 3.45. The number of hydrogen-bond acceptors (Lipinski definition) is 4. The number of nitrogens with zero attached hydrogens (tertiary/aromatic N) is 2. The van der Waals surface area contributed by atoms with Crippen molar-refractivity contribution in [2.45, 2.75) is 9.24 Å². The second-order valence-electron chi connectivity index (χ2n) is 3.86. The highest BCUT2D eigenvalue weighted by Gasteiger charge is 2.18. The zero-order valence-electron chi connectivity index (χ0n) is 10.2. The maximum atomic E-state index is 11.9. The van der Waals surface area contributed by atoms with Crippen molar-refractivity contribution >= 4 is 56.5 Å². The van der Waals surface area contributed by atoms with Gasteiger partial charge in [-0.05, 0) is 40.2 Å². The average Bonchev–Trinajstić information content (AvgIpc) is 2.72. The molecule has 2 rings (SSSR count). The predicted octanol–water partition coefficient (Wildman–Crippen LogP) is 4.41. The monoisotopic (exact) mass is 376 g/mol. The van der Waals surface area contributed by atoms with E-state index in [0.717, 1.165) is 9.24 Å².